The minimum Gasteiger partial charge on any atom is -0.349 e. The molecule has 30 heavy (non-hydrogen) atoms. The Balaban J connectivity index is 1.19. The van der Waals surface area contributed by atoms with E-state index in [-0.39, 0.29) is 29.7 Å². The zero-order valence-corrected chi connectivity index (χ0v) is 17.7. The zero-order chi connectivity index (χ0) is 20.7. The van der Waals surface area contributed by atoms with Crippen LogP contribution in [0.1, 0.15) is 45.7 Å². The molecule has 1 aliphatic carbocycles. The summed E-state index contributed by atoms with van der Waals surface area (Å²) in [6.07, 6.45) is 0.815. The molecule has 0 spiro atoms. The van der Waals surface area contributed by atoms with E-state index in [0.717, 1.165) is 59.2 Å². The van der Waals surface area contributed by atoms with E-state index in [2.05, 4.69) is 20.6 Å². The third-order valence-corrected chi connectivity index (χ3v) is 7.17. The van der Waals surface area contributed by atoms with Gasteiger partial charge in [-0.1, -0.05) is 12.1 Å². The maximum absolute atomic E-state index is 12.7. The zero-order valence-electron chi connectivity index (χ0n) is 16.9. The number of H-pyrrole nitrogens is 1. The molecule has 3 unspecified atom stereocenters. The molecule has 5 rings (SSSR count). The van der Waals surface area contributed by atoms with Crippen molar-refractivity contribution < 1.29 is 9.59 Å². The van der Waals surface area contributed by atoms with Gasteiger partial charge in [-0.3, -0.25) is 9.59 Å². The number of aromatic nitrogens is 2. The van der Waals surface area contributed by atoms with Crippen molar-refractivity contribution in [2.45, 2.75) is 25.3 Å². The Hall–Kier alpha value is -2.71. The van der Waals surface area contributed by atoms with Crippen molar-refractivity contribution >= 4 is 34.2 Å². The number of imidazole rings is 1. The summed E-state index contributed by atoms with van der Waals surface area (Å²) >= 11 is 1.47. The highest BCUT2D eigenvalue weighted by molar-refractivity contribution is 7.14. The maximum Gasteiger partial charge on any atom is 0.264 e. The number of para-hydroxylation sites is 2. The predicted octanol–water partition coefficient (Wildman–Crippen LogP) is 2.65. The number of nitrogens with one attached hydrogen (secondary N) is 3. The lowest BCUT2D eigenvalue weighted by Gasteiger charge is -2.26. The van der Waals surface area contributed by atoms with Crippen LogP contribution in [-0.2, 0) is 4.79 Å². The van der Waals surface area contributed by atoms with E-state index < -0.39 is 0 Å². The standard InChI is InChI=1S/C22H25N5O2S/c1-13(18-6-7-19(30-18)22(29)27-10-8-23-9-11-27)24-21(28)15-12-14(15)20-25-16-4-2-3-5-17(16)26-20/h2-7,13-15,23H,8-12H2,1H3,(H,24,28)(H,25,26). The lowest BCUT2D eigenvalue weighted by molar-refractivity contribution is -0.123. The fourth-order valence-electron chi connectivity index (χ4n) is 4.05. The summed E-state index contributed by atoms with van der Waals surface area (Å²) in [5.41, 5.74) is 1.94. The summed E-state index contributed by atoms with van der Waals surface area (Å²) < 4.78 is 0. The number of carbonyl (C=O) groups excluding carboxylic acids is 2. The number of hydrogen-bond donors (Lipinski definition) is 3. The van der Waals surface area contributed by atoms with E-state index >= 15 is 0 Å². The summed E-state index contributed by atoms with van der Waals surface area (Å²) in [6, 6.07) is 11.6. The third kappa shape index (κ3) is 3.73. The lowest BCUT2D eigenvalue weighted by atomic mass is 10.2. The number of piperazine rings is 1. The summed E-state index contributed by atoms with van der Waals surface area (Å²) in [6.45, 7) is 5.13. The van der Waals surface area contributed by atoms with Crippen molar-refractivity contribution in [2.24, 2.45) is 5.92 Å². The van der Waals surface area contributed by atoms with Crippen molar-refractivity contribution in [3.05, 3.63) is 52.0 Å². The highest BCUT2D eigenvalue weighted by Gasteiger charge is 2.46. The molecule has 2 fully saturated rings. The average Bonchev–Trinajstić information content (AvgIpc) is 3.21. The molecule has 0 bridgehead atoms. The summed E-state index contributed by atoms with van der Waals surface area (Å²) in [7, 11) is 0. The van der Waals surface area contributed by atoms with Crippen molar-refractivity contribution in [1.82, 2.24) is 25.5 Å². The van der Waals surface area contributed by atoms with Gasteiger partial charge in [0, 0.05) is 42.9 Å². The lowest BCUT2D eigenvalue weighted by Crippen LogP contribution is -2.46. The van der Waals surface area contributed by atoms with Gasteiger partial charge in [0.2, 0.25) is 5.91 Å². The van der Waals surface area contributed by atoms with Crippen LogP contribution in [0, 0.1) is 5.92 Å². The number of rotatable bonds is 5. The Morgan fingerprint density at radius 1 is 1.20 bits per heavy atom. The first kappa shape index (κ1) is 19.3. The molecule has 3 N–H and O–H groups in total. The molecular weight excluding hydrogens is 398 g/mol. The topological polar surface area (TPSA) is 90.1 Å². The number of benzene rings is 1. The largest absolute Gasteiger partial charge is 0.349 e. The third-order valence-electron chi connectivity index (χ3n) is 5.91. The molecule has 7 nitrogen and oxygen atoms in total. The molecule has 1 saturated carbocycles. The molecule has 2 aromatic heterocycles. The van der Waals surface area contributed by atoms with Crippen LogP contribution in [0.25, 0.3) is 11.0 Å². The first-order valence-electron chi connectivity index (χ1n) is 10.4. The van der Waals surface area contributed by atoms with Gasteiger partial charge >= 0.3 is 0 Å². The highest BCUT2D eigenvalue weighted by atomic mass is 32.1. The highest BCUT2D eigenvalue weighted by Crippen LogP contribution is 2.47. The number of aromatic amines is 1. The van der Waals surface area contributed by atoms with E-state index in [1.165, 1.54) is 11.3 Å². The van der Waals surface area contributed by atoms with Crippen LogP contribution in [-0.4, -0.2) is 52.9 Å². The first-order valence-corrected chi connectivity index (χ1v) is 11.3. The van der Waals surface area contributed by atoms with Crippen LogP contribution in [0.5, 0.6) is 0 Å². The van der Waals surface area contributed by atoms with Gasteiger partial charge in [-0.15, -0.1) is 11.3 Å². The van der Waals surface area contributed by atoms with Gasteiger partial charge in [0.15, 0.2) is 0 Å². The van der Waals surface area contributed by atoms with Crippen molar-refractivity contribution in [2.75, 3.05) is 26.2 Å². The average molecular weight is 424 g/mol. The molecular formula is C22H25N5O2S. The maximum atomic E-state index is 12.7. The van der Waals surface area contributed by atoms with E-state index in [1.807, 2.05) is 48.2 Å². The minimum atomic E-state index is -0.121. The fourth-order valence-corrected chi connectivity index (χ4v) is 5.03. The molecule has 2 amide bonds. The number of fused-ring (bicyclic) bond motifs is 1. The van der Waals surface area contributed by atoms with Crippen LogP contribution < -0.4 is 10.6 Å². The number of hydrogen-bond acceptors (Lipinski definition) is 5. The number of amides is 2. The molecule has 8 heteroatoms. The Kier molecular flexibility index (Phi) is 5.04. The smallest absolute Gasteiger partial charge is 0.264 e. The molecule has 2 aliphatic rings. The van der Waals surface area contributed by atoms with Gasteiger partial charge < -0.3 is 20.5 Å². The Morgan fingerprint density at radius 3 is 2.80 bits per heavy atom. The van der Waals surface area contributed by atoms with Crippen molar-refractivity contribution in [1.29, 1.82) is 0 Å². The Labute approximate surface area is 178 Å². The second-order valence-electron chi connectivity index (χ2n) is 8.06. The van der Waals surface area contributed by atoms with E-state index in [4.69, 9.17) is 0 Å². The molecule has 0 radical (unpaired) electrons. The van der Waals surface area contributed by atoms with Gasteiger partial charge in [-0.05, 0) is 37.6 Å². The summed E-state index contributed by atoms with van der Waals surface area (Å²) in [5, 5.41) is 6.38. The van der Waals surface area contributed by atoms with Gasteiger partial charge in [0.05, 0.1) is 22.0 Å². The fraction of sp³-hybridized carbons (Fsp3) is 0.409. The monoisotopic (exact) mass is 423 g/mol. The van der Waals surface area contributed by atoms with Crippen LogP contribution >= 0.6 is 11.3 Å². The van der Waals surface area contributed by atoms with Crippen molar-refractivity contribution in [3.63, 3.8) is 0 Å². The van der Waals surface area contributed by atoms with Gasteiger partial charge in [-0.2, -0.15) is 0 Å². The Bertz CT molecular complexity index is 1050. The summed E-state index contributed by atoms with van der Waals surface area (Å²) in [4.78, 5) is 37.0. The molecule has 3 aromatic rings. The van der Waals surface area contributed by atoms with Crippen LogP contribution in [0.3, 0.4) is 0 Å². The summed E-state index contributed by atoms with van der Waals surface area (Å²) in [5.74, 6) is 1.13. The second kappa shape index (κ2) is 7.85. The van der Waals surface area contributed by atoms with Gasteiger partial charge in [0.1, 0.15) is 5.82 Å². The van der Waals surface area contributed by atoms with Gasteiger partial charge in [0.25, 0.3) is 5.91 Å². The van der Waals surface area contributed by atoms with Crippen molar-refractivity contribution in [3.8, 4) is 0 Å². The molecule has 1 saturated heterocycles. The molecule has 1 aromatic carbocycles. The van der Waals surface area contributed by atoms with E-state index in [9.17, 15) is 9.59 Å². The molecule has 3 heterocycles. The Morgan fingerprint density at radius 2 is 2.00 bits per heavy atom. The van der Waals surface area contributed by atoms with E-state index in [1.54, 1.807) is 0 Å². The minimum absolute atomic E-state index is 0.0464. The molecule has 3 atom stereocenters. The van der Waals surface area contributed by atoms with Gasteiger partial charge in [-0.25, -0.2) is 4.98 Å². The molecule has 1 aliphatic heterocycles. The van der Waals surface area contributed by atoms with E-state index in [0.29, 0.717) is 0 Å². The number of thiophene rings is 1. The first-order chi connectivity index (χ1) is 14.6. The SMILES string of the molecule is CC(NC(=O)C1CC1c1nc2ccccc2[nH]1)c1ccc(C(=O)N2CCNCC2)s1. The predicted molar refractivity (Wildman–Crippen MR) is 117 cm³/mol. The quantitative estimate of drug-likeness (QED) is 0.589. The number of carbonyl (C=O) groups is 2. The second-order valence-corrected chi connectivity index (χ2v) is 9.18. The van der Waals surface area contributed by atoms with Crippen LogP contribution in [0.15, 0.2) is 36.4 Å². The normalized spacial score (nSPS) is 22.1. The number of nitrogens with zero attached hydrogens (tertiary/aromatic N) is 2. The van der Waals surface area contributed by atoms with Crippen LogP contribution in [0.4, 0.5) is 0 Å². The van der Waals surface area contributed by atoms with Crippen LogP contribution in [0.2, 0.25) is 0 Å². The molecule has 156 valence electrons.